The van der Waals surface area contributed by atoms with Crippen LogP contribution in [-0.2, 0) is 14.4 Å². The topological polar surface area (TPSA) is 89.5 Å². The van der Waals surface area contributed by atoms with Gasteiger partial charge < -0.3 is 20.1 Å². The second-order valence-electron chi connectivity index (χ2n) is 5.05. The third-order valence-electron chi connectivity index (χ3n) is 3.79. The fourth-order valence-electron chi connectivity index (χ4n) is 2.76. The number of hydrogen-bond acceptors (Lipinski definition) is 5. The summed E-state index contributed by atoms with van der Waals surface area (Å²) in [5.41, 5.74) is -0.334. The summed E-state index contributed by atoms with van der Waals surface area (Å²) in [6.45, 7) is 3.86. The van der Waals surface area contributed by atoms with Crippen molar-refractivity contribution in [3.8, 4) is 0 Å². The van der Waals surface area contributed by atoms with Crippen LogP contribution in [0.5, 0.6) is 0 Å². The van der Waals surface area contributed by atoms with Crippen molar-refractivity contribution in [1.29, 1.82) is 0 Å². The number of aliphatic carboxylic acids is 1. The number of carbonyl (C=O) groups excluding carboxylic acids is 3. The molecule has 2 aliphatic rings. The summed E-state index contributed by atoms with van der Waals surface area (Å²) in [5.74, 6) is -0.984. The van der Waals surface area contributed by atoms with Crippen molar-refractivity contribution in [1.82, 2.24) is 10.2 Å². The van der Waals surface area contributed by atoms with Crippen molar-refractivity contribution < 1.29 is 70.9 Å². The molecule has 0 saturated carbocycles. The van der Waals surface area contributed by atoms with Crippen LogP contribution < -0.4 is 61.8 Å². The SMILES string of the molecule is CCC12CC(=O)N1C(C(=O)[O-])=C(SCCNC(C)=O)C2.[K+]. The van der Waals surface area contributed by atoms with E-state index >= 15 is 0 Å². The number of β-lactam (4-membered cyclic amide) rings is 1. The average molecular weight is 336 g/mol. The van der Waals surface area contributed by atoms with Crippen molar-refractivity contribution in [2.45, 2.75) is 38.6 Å². The molecule has 1 saturated heterocycles. The van der Waals surface area contributed by atoms with E-state index in [1.165, 1.54) is 23.6 Å². The third-order valence-corrected chi connectivity index (χ3v) is 4.88. The largest absolute Gasteiger partial charge is 1.00 e. The van der Waals surface area contributed by atoms with E-state index in [9.17, 15) is 19.5 Å². The van der Waals surface area contributed by atoms with Crippen LogP contribution in [0.15, 0.2) is 10.6 Å². The van der Waals surface area contributed by atoms with Crippen molar-refractivity contribution in [2.75, 3.05) is 12.3 Å². The fraction of sp³-hybridized carbons (Fsp3) is 0.615. The Kier molecular flexibility index (Phi) is 6.95. The van der Waals surface area contributed by atoms with Gasteiger partial charge in [0.15, 0.2) is 0 Å². The first-order chi connectivity index (χ1) is 9.41. The van der Waals surface area contributed by atoms with Gasteiger partial charge in [0.25, 0.3) is 0 Å². The van der Waals surface area contributed by atoms with E-state index in [1.807, 2.05) is 6.92 Å². The van der Waals surface area contributed by atoms with E-state index in [1.54, 1.807) is 0 Å². The van der Waals surface area contributed by atoms with Crippen LogP contribution >= 0.6 is 11.8 Å². The predicted molar refractivity (Wildman–Crippen MR) is 72.3 cm³/mol. The molecule has 2 aliphatic heterocycles. The van der Waals surface area contributed by atoms with Gasteiger partial charge in [0.1, 0.15) is 0 Å². The molecule has 8 heteroatoms. The number of carbonyl (C=O) groups is 3. The van der Waals surface area contributed by atoms with Gasteiger partial charge in [0.2, 0.25) is 11.8 Å². The molecule has 0 aromatic carbocycles. The molecule has 1 fully saturated rings. The summed E-state index contributed by atoms with van der Waals surface area (Å²) < 4.78 is 0. The molecule has 1 unspecified atom stereocenters. The predicted octanol–water partition coefficient (Wildman–Crippen LogP) is -3.39. The molecule has 1 N–H and O–H groups in total. The van der Waals surface area contributed by atoms with Crippen molar-refractivity contribution >= 4 is 29.5 Å². The number of hydrogen-bond donors (Lipinski definition) is 1. The van der Waals surface area contributed by atoms with E-state index in [0.29, 0.717) is 30.0 Å². The van der Waals surface area contributed by atoms with Crippen LogP contribution in [0.3, 0.4) is 0 Å². The van der Waals surface area contributed by atoms with Crippen LogP contribution in [0, 0.1) is 0 Å². The summed E-state index contributed by atoms with van der Waals surface area (Å²) in [7, 11) is 0. The fourth-order valence-corrected chi connectivity index (χ4v) is 3.89. The number of carboxylic acids is 1. The van der Waals surface area contributed by atoms with Gasteiger partial charge in [-0.05, 0) is 6.42 Å². The average Bonchev–Trinajstić information content (AvgIpc) is 2.63. The molecule has 0 aromatic rings. The minimum Gasteiger partial charge on any atom is -0.543 e. The van der Waals surface area contributed by atoms with Gasteiger partial charge >= 0.3 is 51.4 Å². The molecule has 0 spiro atoms. The van der Waals surface area contributed by atoms with Crippen LogP contribution in [-0.4, -0.2) is 40.5 Å². The van der Waals surface area contributed by atoms with Crippen LogP contribution in [0.2, 0.25) is 0 Å². The first-order valence-corrected chi connectivity index (χ1v) is 7.54. The Morgan fingerprint density at radius 3 is 2.57 bits per heavy atom. The maximum Gasteiger partial charge on any atom is 1.00 e. The number of carboxylic acid groups (broad SMARTS) is 1. The van der Waals surface area contributed by atoms with Crippen LogP contribution in [0.25, 0.3) is 0 Å². The Bertz CT molecular complexity index is 508. The minimum absolute atomic E-state index is 0. The normalized spacial score (nSPS) is 23.3. The van der Waals surface area contributed by atoms with Gasteiger partial charge in [0.05, 0.1) is 23.6 Å². The van der Waals surface area contributed by atoms with Crippen LogP contribution in [0.1, 0.15) is 33.1 Å². The van der Waals surface area contributed by atoms with Crippen molar-refractivity contribution in [3.05, 3.63) is 10.6 Å². The van der Waals surface area contributed by atoms with Gasteiger partial charge in [-0.15, -0.1) is 11.8 Å². The Balaban J connectivity index is 0.00000220. The standard InChI is InChI=1S/C13H18N2O4S.K/c1-3-13-6-9(20-5-4-14-8(2)16)11(12(18)19)15(13)10(17)7-13;/h3-7H2,1-2H3,(H,14,16)(H,18,19);/q;+1/p-1. The van der Waals surface area contributed by atoms with E-state index in [2.05, 4.69) is 5.32 Å². The summed E-state index contributed by atoms with van der Waals surface area (Å²) in [5, 5.41) is 14.0. The van der Waals surface area contributed by atoms with Crippen molar-refractivity contribution in [2.24, 2.45) is 0 Å². The number of nitrogens with zero attached hydrogens (tertiary/aromatic N) is 1. The molecular weight excluding hydrogens is 319 g/mol. The van der Waals surface area contributed by atoms with E-state index in [4.69, 9.17) is 0 Å². The molecule has 6 nitrogen and oxygen atoms in total. The molecule has 0 aliphatic carbocycles. The number of rotatable bonds is 6. The van der Waals surface area contributed by atoms with Crippen LogP contribution in [0.4, 0.5) is 0 Å². The van der Waals surface area contributed by atoms with E-state index < -0.39 is 5.97 Å². The maximum atomic E-state index is 11.7. The molecule has 2 amide bonds. The molecule has 2 rings (SSSR count). The van der Waals surface area contributed by atoms with Gasteiger partial charge in [-0.3, -0.25) is 9.59 Å². The van der Waals surface area contributed by atoms with Gasteiger partial charge in [-0.25, -0.2) is 0 Å². The zero-order valence-corrected chi connectivity index (χ0v) is 16.5. The second-order valence-corrected chi connectivity index (χ2v) is 6.24. The Hall–Kier alpha value is 0.136. The summed E-state index contributed by atoms with van der Waals surface area (Å²) in [4.78, 5) is 35.8. The first-order valence-electron chi connectivity index (χ1n) is 6.56. The van der Waals surface area contributed by atoms with E-state index in [0.717, 1.165) is 6.42 Å². The minimum atomic E-state index is -1.30. The number of thioether (sulfide) groups is 1. The zero-order chi connectivity index (χ0) is 14.9. The third kappa shape index (κ3) is 3.73. The van der Waals surface area contributed by atoms with Gasteiger partial charge in [-0.1, -0.05) is 6.92 Å². The molecule has 0 aromatic heterocycles. The quantitative estimate of drug-likeness (QED) is 0.310. The Morgan fingerprint density at radius 2 is 2.10 bits per heavy atom. The number of nitrogens with one attached hydrogen (secondary N) is 1. The molecule has 21 heavy (non-hydrogen) atoms. The van der Waals surface area contributed by atoms with E-state index in [-0.39, 0.29) is 74.4 Å². The number of fused-ring (bicyclic) bond motifs is 1. The zero-order valence-electron chi connectivity index (χ0n) is 12.5. The smallest absolute Gasteiger partial charge is 0.543 e. The molecule has 110 valence electrons. The van der Waals surface area contributed by atoms with Gasteiger partial charge in [-0.2, -0.15) is 0 Å². The second kappa shape index (κ2) is 7.61. The summed E-state index contributed by atoms with van der Waals surface area (Å²) in [6, 6.07) is 0. The number of amides is 2. The molecule has 0 radical (unpaired) electrons. The molecular formula is C13H17KN2O4S. The first kappa shape index (κ1) is 19.2. The summed E-state index contributed by atoms with van der Waals surface area (Å²) in [6.07, 6.45) is 1.70. The monoisotopic (exact) mass is 336 g/mol. The maximum absolute atomic E-state index is 11.7. The molecule has 1 atom stereocenters. The van der Waals surface area contributed by atoms with Crippen molar-refractivity contribution in [3.63, 3.8) is 0 Å². The van der Waals surface area contributed by atoms with Gasteiger partial charge in [0, 0.05) is 30.5 Å². The summed E-state index contributed by atoms with van der Waals surface area (Å²) >= 11 is 1.38. The Labute approximate surface area is 170 Å². The molecule has 2 heterocycles. The Morgan fingerprint density at radius 1 is 1.43 bits per heavy atom. The molecule has 0 bridgehead atoms.